The van der Waals surface area contributed by atoms with Gasteiger partial charge in [-0.3, -0.25) is 4.68 Å². The fraction of sp³-hybridized carbons (Fsp3) is 0.500. The Morgan fingerprint density at radius 2 is 1.81 bits per heavy atom. The molecule has 0 radical (unpaired) electrons. The number of benzene rings is 1. The zero-order valence-corrected chi connectivity index (χ0v) is 14.1. The minimum absolute atomic E-state index is 0.127. The van der Waals surface area contributed by atoms with E-state index in [1.807, 2.05) is 6.20 Å². The zero-order chi connectivity index (χ0) is 15.6. The third-order valence-electron chi connectivity index (χ3n) is 3.84. The molecular weight excluding hydrogens is 258 g/mol. The quantitative estimate of drug-likeness (QED) is 0.927. The molecule has 2 rings (SSSR count). The van der Waals surface area contributed by atoms with Gasteiger partial charge in [0.05, 0.1) is 12.7 Å². The standard InChI is InChI=1S/C18H27N3/c1-13-7-8-14(2)16(9-13)12-21-15(3)17(11-20-21)10-19-18(4,5)6/h7-9,11,19H,10,12H2,1-6H3. The highest BCUT2D eigenvalue weighted by atomic mass is 15.3. The van der Waals surface area contributed by atoms with Crippen molar-refractivity contribution in [3.63, 3.8) is 0 Å². The van der Waals surface area contributed by atoms with Crippen LogP contribution in [0.4, 0.5) is 0 Å². The zero-order valence-electron chi connectivity index (χ0n) is 14.1. The van der Waals surface area contributed by atoms with E-state index < -0.39 is 0 Å². The Labute approximate surface area is 128 Å². The molecule has 2 aromatic rings. The van der Waals surface area contributed by atoms with E-state index in [1.54, 1.807) is 0 Å². The largest absolute Gasteiger partial charge is 0.308 e. The highest BCUT2D eigenvalue weighted by molar-refractivity contribution is 5.31. The molecule has 1 heterocycles. The van der Waals surface area contributed by atoms with E-state index in [-0.39, 0.29) is 5.54 Å². The first-order chi connectivity index (χ1) is 9.76. The number of aryl methyl sites for hydroxylation is 2. The van der Waals surface area contributed by atoms with Crippen molar-refractivity contribution in [1.82, 2.24) is 15.1 Å². The van der Waals surface area contributed by atoms with E-state index in [2.05, 4.69) is 74.8 Å². The molecule has 114 valence electrons. The van der Waals surface area contributed by atoms with Gasteiger partial charge in [0.25, 0.3) is 0 Å². The molecule has 0 atom stereocenters. The van der Waals surface area contributed by atoms with E-state index in [9.17, 15) is 0 Å². The molecular formula is C18H27N3. The summed E-state index contributed by atoms with van der Waals surface area (Å²) in [4.78, 5) is 0. The first-order valence-electron chi connectivity index (χ1n) is 7.59. The second-order valence-electron chi connectivity index (χ2n) is 6.95. The van der Waals surface area contributed by atoms with E-state index in [1.165, 1.54) is 27.9 Å². The second kappa shape index (κ2) is 6.02. The van der Waals surface area contributed by atoms with E-state index in [4.69, 9.17) is 0 Å². The van der Waals surface area contributed by atoms with Crippen LogP contribution in [0.15, 0.2) is 24.4 Å². The van der Waals surface area contributed by atoms with Gasteiger partial charge in [0.15, 0.2) is 0 Å². The van der Waals surface area contributed by atoms with Crippen LogP contribution in [0.2, 0.25) is 0 Å². The maximum absolute atomic E-state index is 4.56. The summed E-state index contributed by atoms with van der Waals surface area (Å²) < 4.78 is 2.10. The molecule has 0 amide bonds. The van der Waals surface area contributed by atoms with Gasteiger partial charge in [-0.2, -0.15) is 5.10 Å². The van der Waals surface area contributed by atoms with E-state index in [0.717, 1.165) is 13.1 Å². The predicted molar refractivity (Wildman–Crippen MR) is 88.6 cm³/mol. The summed E-state index contributed by atoms with van der Waals surface area (Å²) in [6.07, 6.45) is 1.99. The number of hydrogen-bond donors (Lipinski definition) is 1. The molecule has 0 spiro atoms. The lowest BCUT2D eigenvalue weighted by molar-refractivity contribution is 0.423. The van der Waals surface area contributed by atoms with Gasteiger partial charge in [-0.1, -0.05) is 23.8 Å². The van der Waals surface area contributed by atoms with Crippen molar-refractivity contribution in [3.05, 3.63) is 52.3 Å². The van der Waals surface area contributed by atoms with Gasteiger partial charge in [-0.25, -0.2) is 0 Å². The number of nitrogens with one attached hydrogen (secondary N) is 1. The van der Waals surface area contributed by atoms with Gasteiger partial charge in [0.2, 0.25) is 0 Å². The molecule has 1 N–H and O–H groups in total. The Kier molecular flexibility index (Phi) is 4.52. The molecule has 1 aromatic heterocycles. The molecule has 3 nitrogen and oxygen atoms in total. The van der Waals surface area contributed by atoms with Crippen LogP contribution >= 0.6 is 0 Å². The molecule has 0 bridgehead atoms. The Morgan fingerprint density at radius 3 is 2.48 bits per heavy atom. The molecule has 0 aliphatic heterocycles. The molecule has 0 saturated heterocycles. The van der Waals surface area contributed by atoms with Crippen LogP contribution in [-0.2, 0) is 13.1 Å². The normalized spacial score (nSPS) is 11.9. The summed E-state index contributed by atoms with van der Waals surface area (Å²) >= 11 is 0. The Balaban J connectivity index is 2.15. The van der Waals surface area contributed by atoms with Gasteiger partial charge >= 0.3 is 0 Å². The number of nitrogens with zero attached hydrogens (tertiary/aromatic N) is 2. The Morgan fingerprint density at radius 1 is 1.10 bits per heavy atom. The summed E-state index contributed by atoms with van der Waals surface area (Å²) in [5, 5.41) is 8.08. The summed E-state index contributed by atoms with van der Waals surface area (Å²) in [5.74, 6) is 0. The lowest BCUT2D eigenvalue weighted by atomic mass is 10.1. The third kappa shape index (κ3) is 4.18. The van der Waals surface area contributed by atoms with Crippen LogP contribution < -0.4 is 5.32 Å². The third-order valence-corrected chi connectivity index (χ3v) is 3.84. The topological polar surface area (TPSA) is 29.9 Å². The maximum Gasteiger partial charge on any atom is 0.0665 e. The predicted octanol–water partition coefficient (Wildman–Crippen LogP) is 3.74. The minimum Gasteiger partial charge on any atom is -0.308 e. The van der Waals surface area contributed by atoms with Crippen LogP contribution in [0.3, 0.4) is 0 Å². The average Bonchev–Trinajstić information content (AvgIpc) is 2.72. The SMILES string of the molecule is Cc1ccc(C)c(Cn2ncc(CNC(C)(C)C)c2C)c1. The molecule has 1 aromatic carbocycles. The van der Waals surface area contributed by atoms with Crippen molar-refractivity contribution < 1.29 is 0 Å². The first-order valence-corrected chi connectivity index (χ1v) is 7.59. The molecule has 21 heavy (non-hydrogen) atoms. The molecule has 0 aliphatic rings. The van der Waals surface area contributed by atoms with E-state index in [0.29, 0.717) is 0 Å². The molecule has 0 fully saturated rings. The summed E-state index contributed by atoms with van der Waals surface area (Å²) in [6, 6.07) is 6.60. The van der Waals surface area contributed by atoms with Crippen LogP contribution in [0.25, 0.3) is 0 Å². The van der Waals surface area contributed by atoms with Gasteiger partial charge < -0.3 is 5.32 Å². The maximum atomic E-state index is 4.56. The summed E-state index contributed by atoms with van der Waals surface area (Å²) in [5.41, 5.74) is 6.61. The highest BCUT2D eigenvalue weighted by Gasteiger charge is 2.12. The van der Waals surface area contributed by atoms with E-state index >= 15 is 0 Å². The molecule has 0 aliphatic carbocycles. The Hall–Kier alpha value is -1.61. The van der Waals surface area contributed by atoms with Crippen molar-refractivity contribution in [2.75, 3.05) is 0 Å². The molecule has 0 saturated carbocycles. The van der Waals surface area contributed by atoms with Crippen LogP contribution in [0, 0.1) is 20.8 Å². The van der Waals surface area contributed by atoms with Crippen molar-refractivity contribution in [2.24, 2.45) is 0 Å². The number of rotatable bonds is 4. The molecule has 0 unspecified atom stereocenters. The van der Waals surface area contributed by atoms with Crippen molar-refractivity contribution in [2.45, 2.75) is 60.2 Å². The second-order valence-corrected chi connectivity index (χ2v) is 6.95. The van der Waals surface area contributed by atoms with Gasteiger partial charge in [0, 0.05) is 23.3 Å². The van der Waals surface area contributed by atoms with Gasteiger partial charge in [-0.15, -0.1) is 0 Å². The van der Waals surface area contributed by atoms with Gasteiger partial charge in [-0.05, 0) is 52.7 Å². The minimum atomic E-state index is 0.127. The van der Waals surface area contributed by atoms with Crippen LogP contribution in [0.1, 0.15) is 48.7 Å². The van der Waals surface area contributed by atoms with Crippen molar-refractivity contribution in [1.29, 1.82) is 0 Å². The number of hydrogen-bond acceptors (Lipinski definition) is 2. The lowest BCUT2D eigenvalue weighted by Crippen LogP contribution is -2.35. The fourth-order valence-corrected chi connectivity index (χ4v) is 2.31. The lowest BCUT2D eigenvalue weighted by Gasteiger charge is -2.20. The van der Waals surface area contributed by atoms with Crippen LogP contribution in [0.5, 0.6) is 0 Å². The van der Waals surface area contributed by atoms with Crippen LogP contribution in [-0.4, -0.2) is 15.3 Å². The van der Waals surface area contributed by atoms with Crippen molar-refractivity contribution in [3.8, 4) is 0 Å². The Bertz CT molecular complexity index is 618. The monoisotopic (exact) mass is 285 g/mol. The fourth-order valence-electron chi connectivity index (χ4n) is 2.31. The first kappa shape index (κ1) is 15.8. The molecule has 3 heteroatoms. The van der Waals surface area contributed by atoms with Crippen molar-refractivity contribution >= 4 is 0 Å². The van der Waals surface area contributed by atoms with Gasteiger partial charge in [0.1, 0.15) is 0 Å². The highest BCUT2D eigenvalue weighted by Crippen LogP contribution is 2.15. The number of aromatic nitrogens is 2. The summed E-state index contributed by atoms with van der Waals surface area (Å²) in [7, 11) is 0. The average molecular weight is 285 g/mol. The smallest absolute Gasteiger partial charge is 0.0665 e. The summed E-state index contributed by atoms with van der Waals surface area (Å²) in [6.45, 7) is 14.7.